The molecule has 12 heavy (non-hydrogen) atoms. The Hall–Kier alpha value is -1.03. The fraction of sp³-hybridized carbons (Fsp3) is 0.625. The number of rotatable bonds is 1. The lowest BCUT2D eigenvalue weighted by Crippen LogP contribution is -2.21. The van der Waals surface area contributed by atoms with Gasteiger partial charge in [0.2, 0.25) is 0 Å². The lowest BCUT2D eigenvalue weighted by atomic mass is 10.1. The summed E-state index contributed by atoms with van der Waals surface area (Å²) in [4.78, 5) is 0. The highest BCUT2D eigenvalue weighted by Gasteiger charge is 2.16. The molecule has 1 fully saturated rings. The Balaban J connectivity index is 2.08. The average Bonchev–Trinajstić information content (AvgIpc) is 2.54. The van der Waals surface area contributed by atoms with E-state index in [4.69, 9.17) is 9.84 Å². The molecule has 1 N–H and O–H groups in total. The summed E-state index contributed by atoms with van der Waals surface area (Å²) in [6, 6.07) is 0.305. The van der Waals surface area contributed by atoms with Crippen LogP contribution < -0.4 is 0 Å². The SMILES string of the molecule is Oc1cnn(C2CCCOC2)c1. The zero-order valence-electron chi connectivity index (χ0n) is 6.81. The van der Waals surface area contributed by atoms with Crippen molar-refractivity contribution >= 4 is 0 Å². The van der Waals surface area contributed by atoms with Gasteiger partial charge in [-0.25, -0.2) is 0 Å². The van der Waals surface area contributed by atoms with Gasteiger partial charge in [0.1, 0.15) is 0 Å². The summed E-state index contributed by atoms with van der Waals surface area (Å²) in [6.45, 7) is 1.56. The van der Waals surface area contributed by atoms with E-state index in [0.29, 0.717) is 12.6 Å². The lowest BCUT2D eigenvalue weighted by Gasteiger charge is -2.21. The van der Waals surface area contributed by atoms with Gasteiger partial charge in [0, 0.05) is 6.61 Å². The van der Waals surface area contributed by atoms with Crippen LogP contribution in [-0.2, 0) is 4.74 Å². The van der Waals surface area contributed by atoms with Gasteiger partial charge < -0.3 is 9.84 Å². The minimum Gasteiger partial charge on any atom is -0.505 e. The molecule has 1 aromatic heterocycles. The molecule has 0 radical (unpaired) electrons. The Bertz CT molecular complexity index is 253. The quantitative estimate of drug-likeness (QED) is 0.678. The topological polar surface area (TPSA) is 47.3 Å². The van der Waals surface area contributed by atoms with Crippen molar-refractivity contribution in [3.05, 3.63) is 12.4 Å². The van der Waals surface area contributed by atoms with Gasteiger partial charge in [0.25, 0.3) is 0 Å². The minimum absolute atomic E-state index is 0.223. The van der Waals surface area contributed by atoms with E-state index in [0.717, 1.165) is 19.4 Å². The molecule has 66 valence electrons. The number of aromatic nitrogens is 2. The predicted molar refractivity (Wildman–Crippen MR) is 43.0 cm³/mol. The molecule has 1 aliphatic heterocycles. The normalized spacial score (nSPS) is 24.2. The largest absolute Gasteiger partial charge is 0.505 e. The summed E-state index contributed by atoms with van der Waals surface area (Å²) < 4.78 is 7.08. The van der Waals surface area contributed by atoms with Crippen molar-refractivity contribution in [2.45, 2.75) is 18.9 Å². The molecule has 2 heterocycles. The summed E-state index contributed by atoms with van der Waals surface area (Å²) in [6.07, 6.45) is 5.25. The van der Waals surface area contributed by atoms with E-state index in [1.54, 1.807) is 10.9 Å². The second-order valence-electron chi connectivity index (χ2n) is 3.05. The minimum atomic E-state index is 0.223. The van der Waals surface area contributed by atoms with E-state index < -0.39 is 0 Å². The van der Waals surface area contributed by atoms with Crippen molar-refractivity contribution in [3.63, 3.8) is 0 Å². The van der Waals surface area contributed by atoms with Crippen LogP contribution in [0.4, 0.5) is 0 Å². The van der Waals surface area contributed by atoms with Crippen LogP contribution in [0.2, 0.25) is 0 Å². The first-order valence-corrected chi connectivity index (χ1v) is 4.17. The smallest absolute Gasteiger partial charge is 0.153 e. The molecule has 0 saturated carbocycles. The molecule has 0 aromatic carbocycles. The van der Waals surface area contributed by atoms with E-state index in [9.17, 15) is 0 Å². The first kappa shape index (κ1) is 7.61. The van der Waals surface area contributed by atoms with Crippen molar-refractivity contribution in [2.75, 3.05) is 13.2 Å². The molecule has 1 atom stereocenters. The lowest BCUT2D eigenvalue weighted by molar-refractivity contribution is 0.0549. The number of hydrogen-bond acceptors (Lipinski definition) is 3. The van der Waals surface area contributed by atoms with Crippen LogP contribution in [-0.4, -0.2) is 28.1 Å². The van der Waals surface area contributed by atoms with Gasteiger partial charge in [0.05, 0.1) is 25.0 Å². The molecule has 1 saturated heterocycles. The molecular formula is C8H12N2O2. The number of nitrogens with zero attached hydrogens (tertiary/aromatic N) is 2. The van der Waals surface area contributed by atoms with Crippen molar-refractivity contribution in [1.29, 1.82) is 0 Å². The van der Waals surface area contributed by atoms with Crippen LogP contribution in [0, 0.1) is 0 Å². The van der Waals surface area contributed by atoms with E-state index in [1.165, 1.54) is 6.20 Å². The molecule has 1 aliphatic rings. The summed E-state index contributed by atoms with van der Waals surface area (Å²) >= 11 is 0. The van der Waals surface area contributed by atoms with E-state index in [2.05, 4.69) is 5.10 Å². The van der Waals surface area contributed by atoms with Crippen LogP contribution in [0.5, 0.6) is 5.75 Å². The van der Waals surface area contributed by atoms with Crippen LogP contribution in [0.1, 0.15) is 18.9 Å². The second kappa shape index (κ2) is 3.15. The molecule has 2 rings (SSSR count). The Kier molecular flexibility index (Phi) is 1.99. The van der Waals surface area contributed by atoms with Gasteiger partial charge >= 0.3 is 0 Å². The Morgan fingerprint density at radius 2 is 2.58 bits per heavy atom. The molecule has 0 amide bonds. The zero-order chi connectivity index (χ0) is 8.39. The summed E-state index contributed by atoms with van der Waals surface area (Å²) in [5.74, 6) is 0.223. The van der Waals surface area contributed by atoms with E-state index in [-0.39, 0.29) is 5.75 Å². The van der Waals surface area contributed by atoms with Crippen molar-refractivity contribution in [3.8, 4) is 5.75 Å². The van der Waals surface area contributed by atoms with Crippen molar-refractivity contribution in [1.82, 2.24) is 9.78 Å². The second-order valence-corrected chi connectivity index (χ2v) is 3.05. The maximum atomic E-state index is 9.06. The third-order valence-corrected chi connectivity index (χ3v) is 2.10. The summed E-state index contributed by atoms with van der Waals surface area (Å²) in [7, 11) is 0. The summed E-state index contributed by atoms with van der Waals surface area (Å²) in [5, 5.41) is 13.1. The highest BCUT2D eigenvalue weighted by Crippen LogP contribution is 2.20. The van der Waals surface area contributed by atoms with Crippen molar-refractivity contribution < 1.29 is 9.84 Å². The number of aromatic hydroxyl groups is 1. The maximum absolute atomic E-state index is 9.06. The first-order chi connectivity index (χ1) is 5.86. The molecular weight excluding hydrogens is 156 g/mol. The van der Waals surface area contributed by atoms with Crippen molar-refractivity contribution in [2.24, 2.45) is 0 Å². The molecule has 1 unspecified atom stereocenters. The molecule has 0 bridgehead atoms. The van der Waals surface area contributed by atoms with E-state index >= 15 is 0 Å². The Labute approximate surface area is 70.8 Å². The monoisotopic (exact) mass is 168 g/mol. The molecule has 1 aromatic rings. The molecule has 4 nitrogen and oxygen atoms in total. The van der Waals surface area contributed by atoms with Gasteiger partial charge in [-0.05, 0) is 12.8 Å². The van der Waals surface area contributed by atoms with Crippen LogP contribution >= 0.6 is 0 Å². The maximum Gasteiger partial charge on any atom is 0.153 e. The Morgan fingerprint density at radius 1 is 1.67 bits per heavy atom. The average molecular weight is 168 g/mol. The number of ether oxygens (including phenoxy) is 1. The van der Waals surface area contributed by atoms with Gasteiger partial charge in [-0.15, -0.1) is 0 Å². The molecule has 4 heteroatoms. The predicted octanol–water partition coefficient (Wildman–Crippen LogP) is 0.940. The highest BCUT2D eigenvalue weighted by atomic mass is 16.5. The fourth-order valence-electron chi connectivity index (χ4n) is 1.46. The van der Waals surface area contributed by atoms with Crippen LogP contribution in [0.3, 0.4) is 0 Å². The van der Waals surface area contributed by atoms with Gasteiger partial charge in [-0.2, -0.15) is 5.10 Å². The summed E-state index contributed by atoms with van der Waals surface area (Å²) in [5.41, 5.74) is 0. The van der Waals surface area contributed by atoms with Crippen LogP contribution in [0.25, 0.3) is 0 Å². The van der Waals surface area contributed by atoms with E-state index in [1.807, 2.05) is 0 Å². The van der Waals surface area contributed by atoms with Gasteiger partial charge in [-0.3, -0.25) is 4.68 Å². The first-order valence-electron chi connectivity index (χ1n) is 4.17. The molecule has 0 spiro atoms. The number of hydrogen-bond donors (Lipinski definition) is 1. The van der Waals surface area contributed by atoms with Gasteiger partial charge in [-0.1, -0.05) is 0 Å². The third-order valence-electron chi connectivity index (χ3n) is 2.10. The zero-order valence-corrected chi connectivity index (χ0v) is 6.81. The fourth-order valence-corrected chi connectivity index (χ4v) is 1.46. The highest BCUT2D eigenvalue weighted by molar-refractivity contribution is 5.09. The third kappa shape index (κ3) is 1.43. The standard InChI is InChI=1S/C8H12N2O2/c11-8-4-9-10(5-8)7-2-1-3-12-6-7/h4-5,7,11H,1-3,6H2. The Morgan fingerprint density at radius 3 is 3.17 bits per heavy atom. The molecule has 0 aliphatic carbocycles. The van der Waals surface area contributed by atoms with Crippen LogP contribution in [0.15, 0.2) is 12.4 Å². The van der Waals surface area contributed by atoms with Gasteiger partial charge in [0.15, 0.2) is 5.75 Å².